The van der Waals surface area contributed by atoms with Crippen LogP contribution in [0.1, 0.15) is 5.56 Å². The number of carbonyl (C=O) groups excluding carboxylic acids is 1. The standard InChI is InChI=1S/C23H21N5O3/c29-23(9-5-17-4-7-20-21(15-17)31-16-30-20)28-13-11-27(12-14-28)22-8-6-19(25-26-22)18-3-1-2-10-24-18/h1-10,15H,11-14,16H2/b9-5+. The maximum atomic E-state index is 12.6. The van der Waals surface area contributed by atoms with Crippen LogP contribution in [0.3, 0.4) is 0 Å². The lowest BCUT2D eigenvalue weighted by Gasteiger charge is -2.34. The lowest BCUT2D eigenvalue weighted by atomic mass is 10.2. The number of amides is 1. The SMILES string of the molecule is O=C(/C=C/c1ccc2c(c1)OCO2)N1CCN(c2ccc(-c3ccccn3)nn2)CC1. The first-order chi connectivity index (χ1) is 15.3. The number of aromatic nitrogens is 3. The van der Waals surface area contributed by atoms with Gasteiger partial charge in [0.2, 0.25) is 12.7 Å². The molecular weight excluding hydrogens is 394 g/mol. The van der Waals surface area contributed by atoms with Crippen LogP contribution in [0, 0.1) is 0 Å². The molecular formula is C23H21N5O3. The van der Waals surface area contributed by atoms with Crippen LogP contribution >= 0.6 is 0 Å². The Labute approximate surface area is 179 Å². The molecule has 0 N–H and O–H groups in total. The van der Waals surface area contributed by atoms with E-state index in [1.165, 1.54) is 0 Å². The van der Waals surface area contributed by atoms with Crippen LogP contribution in [0.4, 0.5) is 5.82 Å². The lowest BCUT2D eigenvalue weighted by molar-refractivity contribution is -0.126. The van der Waals surface area contributed by atoms with Crippen LogP contribution in [-0.2, 0) is 4.79 Å². The highest BCUT2D eigenvalue weighted by Gasteiger charge is 2.21. The summed E-state index contributed by atoms with van der Waals surface area (Å²) in [6, 6.07) is 15.2. The largest absolute Gasteiger partial charge is 0.454 e. The summed E-state index contributed by atoms with van der Waals surface area (Å²) in [6.07, 6.45) is 5.15. The fraction of sp³-hybridized carbons (Fsp3) is 0.217. The molecule has 0 aliphatic carbocycles. The quantitative estimate of drug-likeness (QED) is 0.606. The van der Waals surface area contributed by atoms with Crippen LogP contribution in [0.5, 0.6) is 11.5 Å². The summed E-state index contributed by atoms with van der Waals surface area (Å²) in [7, 11) is 0. The molecule has 0 atom stereocenters. The molecule has 0 unspecified atom stereocenters. The summed E-state index contributed by atoms with van der Waals surface area (Å²) in [6.45, 7) is 2.92. The van der Waals surface area contributed by atoms with E-state index in [1.54, 1.807) is 18.3 Å². The van der Waals surface area contributed by atoms with E-state index < -0.39 is 0 Å². The summed E-state index contributed by atoms with van der Waals surface area (Å²) in [5.74, 6) is 2.24. The van der Waals surface area contributed by atoms with Crippen molar-refractivity contribution in [2.45, 2.75) is 0 Å². The molecule has 0 radical (unpaired) electrons. The molecule has 4 heterocycles. The second-order valence-corrected chi connectivity index (χ2v) is 7.25. The highest BCUT2D eigenvalue weighted by atomic mass is 16.7. The van der Waals surface area contributed by atoms with E-state index in [9.17, 15) is 4.79 Å². The van der Waals surface area contributed by atoms with Crippen molar-refractivity contribution in [3.8, 4) is 22.9 Å². The first-order valence-electron chi connectivity index (χ1n) is 10.1. The third kappa shape index (κ3) is 4.18. The molecule has 1 saturated heterocycles. The normalized spacial score (nSPS) is 15.5. The van der Waals surface area contributed by atoms with Crippen LogP contribution in [0.15, 0.2) is 60.8 Å². The predicted octanol–water partition coefficient (Wildman–Crippen LogP) is 2.63. The molecule has 1 aromatic carbocycles. The van der Waals surface area contributed by atoms with Crippen molar-refractivity contribution >= 4 is 17.8 Å². The zero-order chi connectivity index (χ0) is 21.0. The van der Waals surface area contributed by atoms with E-state index in [0.29, 0.717) is 31.9 Å². The van der Waals surface area contributed by atoms with Gasteiger partial charge in [0, 0.05) is 38.5 Å². The highest BCUT2D eigenvalue weighted by molar-refractivity contribution is 5.92. The summed E-state index contributed by atoms with van der Waals surface area (Å²) >= 11 is 0. The van der Waals surface area contributed by atoms with Crippen LogP contribution in [-0.4, -0.2) is 59.0 Å². The Hall–Kier alpha value is -3.94. The van der Waals surface area contributed by atoms with Gasteiger partial charge in [-0.3, -0.25) is 9.78 Å². The van der Waals surface area contributed by atoms with E-state index >= 15 is 0 Å². The molecule has 0 saturated carbocycles. The number of fused-ring (bicyclic) bond motifs is 1. The molecule has 1 fully saturated rings. The van der Waals surface area contributed by atoms with Crippen LogP contribution < -0.4 is 14.4 Å². The Balaban J connectivity index is 1.17. The minimum atomic E-state index is -0.00565. The van der Waals surface area contributed by atoms with Crippen molar-refractivity contribution in [3.05, 3.63) is 66.4 Å². The Bertz CT molecular complexity index is 1090. The number of benzene rings is 1. The van der Waals surface area contributed by atoms with Crippen molar-refractivity contribution in [3.63, 3.8) is 0 Å². The van der Waals surface area contributed by atoms with E-state index in [0.717, 1.165) is 28.5 Å². The molecule has 0 spiro atoms. The third-order valence-electron chi connectivity index (χ3n) is 5.31. The minimum absolute atomic E-state index is 0.00565. The molecule has 156 valence electrons. The summed E-state index contributed by atoms with van der Waals surface area (Å²) < 4.78 is 10.7. The molecule has 2 aliphatic rings. The summed E-state index contributed by atoms with van der Waals surface area (Å²) in [5, 5.41) is 8.65. The molecule has 3 aromatic rings. The lowest BCUT2D eigenvalue weighted by Crippen LogP contribution is -2.48. The van der Waals surface area contributed by atoms with Gasteiger partial charge in [0.25, 0.3) is 0 Å². The number of carbonyl (C=O) groups is 1. The van der Waals surface area contributed by atoms with Crippen molar-refractivity contribution in [1.29, 1.82) is 0 Å². The van der Waals surface area contributed by atoms with Crippen molar-refractivity contribution in [1.82, 2.24) is 20.1 Å². The van der Waals surface area contributed by atoms with E-state index in [-0.39, 0.29) is 12.7 Å². The average Bonchev–Trinajstić information content (AvgIpc) is 3.31. The number of hydrogen-bond acceptors (Lipinski definition) is 7. The molecule has 0 bridgehead atoms. The Morgan fingerprint density at radius 3 is 2.55 bits per heavy atom. The zero-order valence-electron chi connectivity index (χ0n) is 16.8. The molecule has 5 rings (SSSR count). The van der Waals surface area contributed by atoms with Gasteiger partial charge in [-0.1, -0.05) is 12.1 Å². The number of ether oxygens (including phenoxy) is 2. The number of anilines is 1. The Kier molecular flexibility index (Phi) is 5.18. The Morgan fingerprint density at radius 2 is 1.77 bits per heavy atom. The van der Waals surface area contributed by atoms with Gasteiger partial charge in [-0.15, -0.1) is 10.2 Å². The molecule has 2 aromatic heterocycles. The topological polar surface area (TPSA) is 80.7 Å². The van der Waals surface area contributed by atoms with Gasteiger partial charge in [-0.25, -0.2) is 0 Å². The second-order valence-electron chi connectivity index (χ2n) is 7.25. The average molecular weight is 415 g/mol. The number of pyridine rings is 1. The van der Waals surface area contributed by atoms with Gasteiger partial charge in [-0.05, 0) is 48.0 Å². The van der Waals surface area contributed by atoms with Gasteiger partial charge >= 0.3 is 0 Å². The first-order valence-corrected chi connectivity index (χ1v) is 10.1. The number of rotatable bonds is 4. The van der Waals surface area contributed by atoms with E-state index in [4.69, 9.17) is 9.47 Å². The van der Waals surface area contributed by atoms with Gasteiger partial charge in [-0.2, -0.15) is 0 Å². The van der Waals surface area contributed by atoms with Gasteiger partial charge < -0.3 is 19.3 Å². The van der Waals surface area contributed by atoms with E-state index in [2.05, 4.69) is 20.1 Å². The van der Waals surface area contributed by atoms with Crippen molar-refractivity contribution in [2.24, 2.45) is 0 Å². The van der Waals surface area contributed by atoms with Gasteiger partial charge in [0.05, 0.1) is 5.69 Å². The van der Waals surface area contributed by atoms with E-state index in [1.807, 2.05) is 53.4 Å². The second kappa shape index (κ2) is 8.43. The summed E-state index contributed by atoms with van der Waals surface area (Å²) in [4.78, 5) is 20.9. The number of piperazine rings is 1. The maximum absolute atomic E-state index is 12.6. The predicted molar refractivity (Wildman–Crippen MR) is 116 cm³/mol. The summed E-state index contributed by atoms with van der Waals surface area (Å²) in [5.41, 5.74) is 2.44. The monoisotopic (exact) mass is 415 g/mol. The third-order valence-corrected chi connectivity index (χ3v) is 5.31. The fourth-order valence-electron chi connectivity index (χ4n) is 3.59. The minimum Gasteiger partial charge on any atom is -0.454 e. The fourth-order valence-corrected chi connectivity index (χ4v) is 3.59. The van der Waals surface area contributed by atoms with Crippen LogP contribution in [0.25, 0.3) is 17.5 Å². The van der Waals surface area contributed by atoms with Crippen molar-refractivity contribution < 1.29 is 14.3 Å². The zero-order valence-corrected chi connectivity index (χ0v) is 16.8. The Morgan fingerprint density at radius 1 is 0.903 bits per heavy atom. The van der Waals surface area contributed by atoms with Crippen molar-refractivity contribution in [2.75, 3.05) is 37.9 Å². The molecule has 1 amide bonds. The van der Waals surface area contributed by atoms with Gasteiger partial charge in [0.15, 0.2) is 17.3 Å². The molecule has 8 nitrogen and oxygen atoms in total. The highest BCUT2D eigenvalue weighted by Crippen LogP contribution is 2.32. The van der Waals surface area contributed by atoms with Crippen LogP contribution in [0.2, 0.25) is 0 Å². The maximum Gasteiger partial charge on any atom is 0.246 e. The smallest absolute Gasteiger partial charge is 0.246 e. The molecule has 31 heavy (non-hydrogen) atoms. The molecule has 2 aliphatic heterocycles. The molecule has 8 heteroatoms. The first kappa shape index (κ1) is 19.0. The number of hydrogen-bond donors (Lipinski definition) is 0. The van der Waals surface area contributed by atoms with Gasteiger partial charge in [0.1, 0.15) is 5.69 Å². The number of nitrogens with zero attached hydrogens (tertiary/aromatic N) is 5.